The first-order valence-corrected chi connectivity index (χ1v) is 8.80. The number of anilines is 1. The van der Waals surface area contributed by atoms with Gasteiger partial charge in [-0.05, 0) is 50.2 Å². The molecule has 0 fully saturated rings. The molecule has 0 aliphatic rings. The van der Waals surface area contributed by atoms with E-state index in [9.17, 15) is 18.3 Å². The van der Waals surface area contributed by atoms with Crippen LogP contribution < -0.4 is 14.1 Å². The van der Waals surface area contributed by atoms with Crippen LogP contribution in [0.5, 0.6) is 5.75 Å². The fourth-order valence-electron chi connectivity index (χ4n) is 2.15. The first kappa shape index (κ1) is 17.8. The van der Waals surface area contributed by atoms with Gasteiger partial charge in [0, 0.05) is 0 Å². The Bertz CT molecular complexity index is 798. The van der Waals surface area contributed by atoms with Gasteiger partial charge in [0.2, 0.25) is 0 Å². The van der Waals surface area contributed by atoms with Crippen LogP contribution in [0.1, 0.15) is 12.5 Å². The average Bonchev–Trinajstić information content (AvgIpc) is 2.54. The van der Waals surface area contributed by atoms with Crippen molar-refractivity contribution in [3.8, 4) is 5.75 Å². The van der Waals surface area contributed by atoms with Crippen LogP contribution in [-0.2, 0) is 14.8 Å². The smallest absolute Gasteiger partial charge is 0.264 e. The third kappa shape index (κ3) is 4.05. The highest BCUT2D eigenvalue weighted by Gasteiger charge is 2.25. The fraction of sp³-hybridized carbons (Fsp3) is 0.235. The van der Waals surface area contributed by atoms with Crippen LogP contribution in [0.25, 0.3) is 0 Å². The summed E-state index contributed by atoms with van der Waals surface area (Å²) in [5.74, 6) is -0.941. The van der Waals surface area contributed by atoms with Gasteiger partial charge in [-0.2, -0.15) is 0 Å². The second-order valence-corrected chi connectivity index (χ2v) is 6.99. The van der Waals surface area contributed by atoms with Crippen molar-refractivity contribution in [2.75, 3.05) is 17.5 Å². The fourth-order valence-corrected chi connectivity index (χ4v) is 3.55. The van der Waals surface area contributed by atoms with Gasteiger partial charge < -0.3 is 14.6 Å². The van der Waals surface area contributed by atoms with Crippen molar-refractivity contribution in [2.45, 2.75) is 18.7 Å². The van der Waals surface area contributed by atoms with Gasteiger partial charge in [0.25, 0.3) is 10.0 Å². The molecule has 0 heterocycles. The number of carbonyl (C=O) groups excluding carboxylic acids is 1. The summed E-state index contributed by atoms with van der Waals surface area (Å²) < 4.78 is 31.7. The molecule has 0 aliphatic carbocycles. The van der Waals surface area contributed by atoms with E-state index >= 15 is 0 Å². The molecule has 0 unspecified atom stereocenters. The van der Waals surface area contributed by atoms with Gasteiger partial charge in [0.05, 0.1) is 29.7 Å². The molecule has 128 valence electrons. The highest BCUT2D eigenvalue weighted by Crippen LogP contribution is 2.25. The number of hydrogen-bond donors (Lipinski definition) is 0. The van der Waals surface area contributed by atoms with Crippen molar-refractivity contribution in [3.63, 3.8) is 0 Å². The minimum atomic E-state index is -4.04. The van der Waals surface area contributed by atoms with Crippen molar-refractivity contribution < 1.29 is 23.1 Å². The van der Waals surface area contributed by atoms with Gasteiger partial charge >= 0.3 is 0 Å². The molecule has 2 rings (SSSR count). The molecule has 6 nitrogen and oxygen atoms in total. The van der Waals surface area contributed by atoms with Crippen LogP contribution in [0.4, 0.5) is 5.69 Å². The van der Waals surface area contributed by atoms with Crippen molar-refractivity contribution >= 4 is 21.7 Å². The summed E-state index contributed by atoms with van der Waals surface area (Å²) >= 11 is 0. The zero-order valence-corrected chi connectivity index (χ0v) is 14.2. The van der Waals surface area contributed by atoms with Crippen LogP contribution >= 0.6 is 0 Å². The van der Waals surface area contributed by atoms with Gasteiger partial charge in [0.1, 0.15) is 5.75 Å². The molecule has 2 aromatic carbocycles. The number of hydrogen-bond acceptors (Lipinski definition) is 5. The van der Waals surface area contributed by atoms with Crippen molar-refractivity contribution in [1.29, 1.82) is 0 Å². The first-order valence-electron chi connectivity index (χ1n) is 7.36. The molecular weight excluding hydrogens is 330 g/mol. The van der Waals surface area contributed by atoms with E-state index in [1.54, 1.807) is 24.3 Å². The highest BCUT2D eigenvalue weighted by molar-refractivity contribution is 7.92. The Morgan fingerprint density at radius 1 is 1.08 bits per heavy atom. The molecule has 0 spiro atoms. The summed E-state index contributed by atoms with van der Waals surface area (Å²) in [5.41, 5.74) is 1.20. The number of carboxylic acid groups (broad SMARTS) is 1. The van der Waals surface area contributed by atoms with Gasteiger partial charge in [-0.3, -0.25) is 4.31 Å². The molecule has 7 heteroatoms. The number of sulfonamides is 1. The van der Waals surface area contributed by atoms with Crippen LogP contribution in [-0.4, -0.2) is 27.5 Å². The highest BCUT2D eigenvalue weighted by atomic mass is 32.2. The third-order valence-electron chi connectivity index (χ3n) is 3.32. The van der Waals surface area contributed by atoms with Gasteiger partial charge in [-0.1, -0.05) is 17.7 Å². The topological polar surface area (TPSA) is 86.7 Å². The molecular formula is C17H18NO5S-. The lowest BCUT2D eigenvalue weighted by atomic mass is 10.2. The van der Waals surface area contributed by atoms with Gasteiger partial charge in [-0.25, -0.2) is 8.42 Å². The quantitative estimate of drug-likeness (QED) is 0.753. The van der Waals surface area contributed by atoms with Crippen LogP contribution in [0, 0.1) is 6.92 Å². The molecule has 0 radical (unpaired) electrons. The van der Waals surface area contributed by atoms with Crippen LogP contribution in [0.3, 0.4) is 0 Å². The molecule has 0 saturated carbocycles. The standard InChI is InChI=1S/C17H19NO5S/c1-3-23-15-8-10-16(11-9-15)24(21,22)18(12-17(19)20)14-6-4-13(2)5-7-14/h4-11H,3,12H2,1-2H3,(H,19,20)/p-1. The Kier molecular flexibility index (Phi) is 5.46. The maximum Gasteiger partial charge on any atom is 0.264 e. The predicted octanol–water partition coefficient (Wildman–Crippen LogP) is 1.34. The zero-order valence-electron chi connectivity index (χ0n) is 13.4. The van der Waals surface area contributed by atoms with E-state index in [2.05, 4.69) is 0 Å². The van der Waals surface area contributed by atoms with Crippen molar-refractivity contribution in [3.05, 3.63) is 54.1 Å². The van der Waals surface area contributed by atoms with Crippen LogP contribution in [0.2, 0.25) is 0 Å². The Balaban J connectivity index is 2.43. The number of ether oxygens (including phenoxy) is 1. The van der Waals surface area contributed by atoms with E-state index in [1.807, 2.05) is 13.8 Å². The summed E-state index contributed by atoms with van der Waals surface area (Å²) in [7, 11) is -4.04. The van der Waals surface area contributed by atoms with Crippen LogP contribution in [0.15, 0.2) is 53.4 Å². The average molecular weight is 348 g/mol. The number of aliphatic carboxylic acids is 1. The van der Waals surface area contributed by atoms with E-state index in [0.29, 0.717) is 12.4 Å². The van der Waals surface area contributed by atoms with E-state index in [0.717, 1.165) is 9.87 Å². The van der Waals surface area contributed by atoms with Gasteiger partial charge in [-0.15, -0.1) is 0 Å². The molecule has 0 N–H and O–H groups in total. The molecule has 24 heavy (non-hydrogen) atoms. The number of rotatable bonds is 7. The molecule has 2 aromatic rings. The maximum absolute atomic E-state index is 12.8. The second kappa shape index (κ2) is 7.35. The molecule has 0 amide bonds. The van der Waals surface area contributed by atoms with Gasteiger partial charge in [0.15, 0.2) is 0 Å². The second-order valence-electron chi connectivity index (χ2n) is 5.12. The predicted molar refractivity (Wildman–Crippen MR) is 88.3 cm³/mol. The summed E-state index contributed by atoms with van der Waals surface area (Å²) in [4.78, 5) is 11.0. The Morgan fingerprint density at radius 2 is 1.67 bits per heavy atom. The lowest BCUT2D eigenvalue weighted by Gasteiger charge is -2.25. The molecule has 0 atom stereocenters. The van der Waals surface area contributed by atoms with E-state index in [-0.39, 0.29) is 10.6 Å². The lowest BCUT2D eigenvalue weighted by molar-refractivity contribution is -0.303. The van der Waals surface area contributed by atoms with E-state index in [4.69, 9.17) is 4.74 Å². The minimum absolute atomic E-state index is 0.0206. The normalized spacial score (nSPS) is 11.1. The zero-order chi connectivity index (χ0) is 17.7. The third-order valence-corrected chi connectivity index (χ3v) is 5.11. The summed E-state index contributed by atoms with van der Waals surface area (Å²) in [6.07, 6.45) is 0. The Morgan fingerprint density at radius 3 is 2.17 bits per heavy atom. The summed E-state index contributed by atoms with van der Waals surface area (Å²) in [6, 6.07) is 12.4. The summed E-state index contributed by atoms with van der Waals surface area (Å²) in [5, 5.41) is 11.0. The monoisotopic (exact) mass is 348 g/mol. The van der Waals surface area contributed by atoms with E-state index in [1.165, 1.54) is 24.3 Å². The maximum atomic E-state index is 12.8. The Labute approximate surface area is 141 Å². The van der Waals surface area contributed by atoms with E-state index < -0.39 is 22.5 Å². The number of benzene rings is 2. The molecule has 0 bridgehead atoms. The number of nitrogens with zero attached hydrogens (tertiary/aromatic N) is 1. The SMILES string of the molecule is CCOc1ccc(S(=O)(=O)N(CC(=O)[O-])c2ccc(C)cc2)cc1. The number of aryl methyl sites for hydroxylation is 1. The Hall–Kier alpha value is -2.54. The van der Waals surface area contributed by atoms with Crippen molar-refractivity contribution in [1.82, 2.24) is 0 Å². The minimum Gasteiger partial charge on any atom is -0.548 e. The van der Waals surface area contributed by atoms with Crippen molar-refractivity contribution in [2.24, 2.45) is 0 Å². The molecule has 0 saturated heterocycles. The molecule has 0 aromatic heterocycles. The number of carbonyl (C=O) groups is 1. The lowest BCUT2D eigenvalue weighted by Crippen LogP contribution is -2.41. The molecule has 0 aliphatic heterocycles. The number of carboxylic acids is 1. The largest absolute Gasteiger partial charge is 0.548 e. The first-order chi connectivity index (χ1) is 11.3. The summed E-state index contributed by atoms with van der Waals surface area (Å²) in [6.45, 7) is 3.38.